The monoisotopic (exact) mass is 406 g/mol. The third-order valence-corrected chi connectivity index (χ3v) is 4.62. The second-order valence-corrected chi connectivity index (χ2v) is 6.67. The van der Waals surface area contributed by atoms with Crippen LogP contribution in [0.5, 0.6) is 0 Å². The summed E-state index contributed by atoms with van der Waals surface area (Å²) in [6.45, 7) is 1.95. The molecular weight excluding hydrogens is 385 g/mol. The summed E-state index contributed by atoms with van der Waals surface area (Å²) in [7, 11) is 0. The van der Waals surface area contributed by atoms with Gasteiger partial charge in [0.15, 0.2) is 5.78 Å². The molecule has 0 spiro atoms. The molecule has 1 amide bonds. The number of ketones is 1. The second-order valence-electron chi connectivity index (χ2n) is 6.67. The van der Waals surface area contributed by atoms with Crippen LogP contribution in [0.2, 0.25) is 0 Å². The van der Waals surface area contributed by atoms with Gasteiger partial charge in [0.2, 0.25) is 5.91 Å². The Morgan fingerprint density at radius 1 is 1.00 bits per heavy atom. The number of rotatable bonds is 6. The van der Waals surface area contributed by atoms with Crippen LogP contribution < -0.4 is 10.2 Å². The fourth-order valence-corrected chi connectivity index (χ4v) is 3.10. The first-order valence-corrected chi connectivity index (χ1v) is 9.26. The smallest absolute Gasteiger partial charge is 0.378 e. The molecule has 0 atom stereocenters. The number of hydrogen-bond acceptors (Lipinski definition) is 4. The van der Waals surface area contributed by atoms with Crippen LogP contribution in [0.3, 0.4) is 0 Å². The fraction of sp³-hybridized carbons (Fsp3) is 0.333. The fourth-order valence-electron chi connectivity index (χ4n) is 3.10. The van der Waals surface area contributed by atoms with Gasteiger partial charge in [-0.15, -0.1) is 0 Å². The summed E-state index contributed by atoms with van der Waals surface area (Å²) in [4.78, 5) is 26.4. The molecule has 154 valence electrons. The molecule has 0 saturated carbocycles. The van der Waals surface area contributed by atoms with Gasteiger partial charge in [-0.3, -0.25) is 9.59 Å². The zero-order valence-electron chi connectivity index (χ0n) is 15.7. The first kappa shape index (κ1) is 20.9. The van der Waals surface area contributed by atoms with E-state index in [1.54, 1.807) is 30.3 Å². The molecule has 3 rings (SSSR count). The van der Waals surface area contributed by atoms with E-state index in [9.17, 15) is 22.8 Å². The highest BCUT2D eigenvalue weighted by Crippen LogP contribution is 2.35. The van der Waals surface area contributed by atoms with Gasteiger partial charge in [-0.2, -0.15) is 13.2 Å². The number of benzene rings is 2. The molecule has 0 aliphatic carbocycles. The number of carbonyl (C=O) groups is 2. The number of hydrogen-bond donors (Lipinski definition) is 1. The number of carbonyl (C=O) groups excluding carboxylic acids is 2. The minimum atomic E-state index is -4.52. The zero-order valence-corrected chi connectivity index (χ0v) is 15.7. The van der Waals surface area contributed by atoms with Gasteiger partial charge in [0.1, 0.15) is 0 Å². The van der Waals surface area contributed by atoms with Crippen LogP contribution in [0, 0.1) is 0 Å². The standard InChI is InChI=1S/C21H21F3N2O3/c22-21(23,24)16-6-7-18(26-10-12-29-13-11-26)17(14-16)25-20(28)9-8-19(27)15-4-2-1-3-5-15/h1-7,14H,8-13H2,(H,25,28). The molecule has 2 aromatic carbocycles. The molecule has 8 heteroatoms. The molecule has 5 nitrogen and oxygen atoms in total. The van der Waals surface area contributed by atoms with Crippen molar-refractivity contribution in [2.45, 2.75) is 19.0 Å². The quantitative estimate of drug-likeness (QED) is 0.733. The number of alkyl halides is 3. The summed E-state index contributed by atoms with van der Waals surface area (Å²) in [5.74, 6) is -0.707. The van der Waals surface area contributed by atoms with Crippen molar-refractivity contribution in [3.05, 3.63) is 59.7 Å². The molecular formula is C21H21F3N2O3. The van der Waals surface area contributed by atoms with Gasteiger partial charge >= 0.3 is 6.18 Å². The number of nitrogens with one attached hydrogen (secondary N) is 1. The van der Waals surface area contributed by atoms with Gasteiger partial charge in [0, 0.05) is 31.5 Å². The van der Waals surface area contributed by atoms with E-state index in [2.05, 4.69) is 5.32 Å². The summed E-state index contributed by atoms with van der Waals surface area (Å²) < 4.78 is 44.7. The highest BCUT2D eigenvalue weighted by molar-refractivity contribution is 6.01. The van der Waals surface area contributed by atoms with Crippen molar-refractivity contribution in [3.63, 3.8) is 0 Å². The van der Waals surface area contributed by atoms with Crippen molar-refractivity contribution in [2.24, 2.45) is 0 Å². The van der Waals surface area contributed by atoms with Crippen molar-refractivity contribution >= 4 is 23.1 Å². The third-order valence-electron chi connectivity index (χ3n) is 4.62. The van der Waals surface area contributed by atoms with E-state index < -0.39 is 17.6 Å². The molecule has 29 heavy (non-hydrogen) atoms. The Morgan fingerprint density at radius 2 is 1.69 bits per heavy atom. The largest absolute Gasteiger partial charge is 0.416 e. The SMILES string of the molecule is O=C(CCC(=O)c1ccccc1)Nc1cc(C(F)(F)F)ccc1N1CCOCC1. The Bertz CT molecular complexity index is 863. The topological polar surface area (TPSA) is 58.6 Å². The third kappa shape index (κ3) is 5.57. The average Bonchev–Trinajstić information content (AvgIpc) is 2.72. The van der Waals surface area contributed by atoms with Crippen LogP contribution >= 0.6 is 0 Å². The van der Waals surface area contributed by atoms with Gasteiger partial charge in [-0.25, -0.2) is 0 Å². The van der Waals surface area contributed by atoms with Gasteiger partial charge in [0.25, 0.3) is 0 Å². The number of morpholine rings is 1. The van der Waals surface area contributed by atoms with E-state index in [0.29, 0.717) is 37.6 Å². The van der Waals surface area contributed by atoms with Crippen LogP contribution in [0.1, 0.15) is 28.8 Å². The van der Waals surface area contributed by atoms with E-state index in [-0.39, 0.29) is 24.3 Å². The van der Waals surface area contributed by atoms with Gasteiger partial charge in [0.05, 0.1) is 30.2 Å². The summed E-state index contributed by atoms with van der Waals surface area (Å²) in [6, 6.07) is 11.8. The Balaban J connectivity index is 1.73. The van der Waals surface area contributed by atoms with Gasteiger partial charge in [-0.05, 0) is 18.2 Å². The maximum absolute atomic E-state index is 13.1. The van der Waals surface area contributed by atoms with Crippen LogP contribution in [-0.2, 0) is 15.7 Å². The van der Waals surface area contributed by atoms with Crippen molar-refractivity contribution in [1.29, 1.82) is 0 Å². The molecule has 0 radical (unpaired) electrons. The molecule has 1 saturated heterocycles. The van der Waals surface area contributed by atoms with E-state index >= 15 is 0 Å². The maximum atomic E-state index is 13.1. The molecule has 0 bridgehead atoms. The van der Waals surface area contributed by atoms with Crippen molar-refractivity contribution < 1.29 is 27.5 Å². The van der Waals surface area contributed by atoms with E-state index in [1.807, 2.05) is 4.90 Å². The second kappa shape index (κ2) is 9.09. The average molecular weight is 406 g/mol. The number of nitrogens with zero attached hydrogens (tertiary/aromatic N) is 1. The van der Waals surface area contributed by atoms with Crippen molar-refractivity contribution in [2.75, 3.05) is 36.5 Å². The normalized spacial score (nSPS) is 14.5. The highest BCUT2D eigenvalue weighted by atomic mass is 19.4. The molecule has 0 aromatic heterocycles. The molecule has 1 fully saturated rings. The molecule has 2 aromatic rings. The van der Waals surface area contributed by atoms with Crippen molar-refractivity contribution in [3.8, 4) is 0 Å². The van der Waals surface area contributed by atoms with E-state index in [4.69, 9.17) is 4.74 Å². The lowest BCUT2D eigenvalue weighted by Gasteiger charge is -2.31. The molecule has 1 aliphatic rings. The summed E-state index contributed by atoms with van der Waals surface area (Å²) in [5, 5.41) is 2.55. The Hall–Kier alpha value is -2.87. The predicted octanol–water partition coefficient (Wildman–Crippen LogP) is 4.14. The van der Waals surface area contributed by atoms with E-state index in [0.717, 1.165) is 12.1 Å². The number of amides is 1. The first-order chi connectivity index (χ1) is 13.8. The number of halogens is 3. The number of Topliss-reactive ketones (excluding diaryl/α,β-unsaturated/α-hetero) is 1. The minimum Gasteiger partial charge on any atom is -0.378 e. The van der Waals surface area contributed by atoms with Crippen LogP contribution in [0.4, 0.5) is 24.5 Å². The van der Waals surface area contributed by atoms with Crippen LogP contribution in [0.25, 0.3) is 0 Å². The predicted molar refractivity (Wildman–Crippen MR) is 103 cm³/mol. The highest BCUT2D eigenvalue weighted by Gasteiger charge is 2.32. The van der Waals surface area contributed by atoms with Crippen LogP contribution in [0.15, 0.2) is 48.5 Å². The summed E-state index contributed by atoms with van der Waals surface area (Å²) in [6.07, 6.45) is -4.67. The molecule has 0 unspecified atom stereocenters. The van der Waals surface area contributed by atoms with Crippen molar-refractivity contribution in [1.82, 2.24) is 0 Å². The number of ether oxygens (including phenoxy) is 1. The first-order valence-electron chi connectivity index (χ1n) is 9.26. The Labute approximate surface area is 166 Å². The summed E-state index contributed by atoms with van der Waals surface area (Å²) >= 11 is 0. The lowest BCUT2D eigenvalue weighted by molar-refractivity contribution is -0.137. The minimum absolute atomic E-state index is 0.0261. The lowest BCUT2D eigenvalue weighted by Crippen LogP contribution is -2.36. The molecule has 1 heterocycles. The zero-order chi connectivity index (χ0) is 20.9. The van der Waals surface area contributed by atoms with E-state index in [1.165, 1.54) is 6.07 Å². The molecule has 1 aliphatic heterocycles. The summed E-state index contributed by atoms with van der Waals surface area (Å²) in [5.41, 5.74) is 0.237. The number of anilines is 2. The lowest BCUT2D eigenvalue weighted by atomic mass is 10.1. The molecule has 1 N–H and O–H groups in total. The maximum Gasteiger partial charge on any atom is 0.416 e. The van der Waals surface area contributed by atoms with Gasteiger partial charge < -0.3 is 15.0 Å². The van der Waals surface area contributed by atoms with Gasteiger partial charge in [-0.1, -0.05) is 30.3 Å². The Morgan fingerprint density at radius 3 is 2.34 bits per heavy atom. The van der Waals surface area contributed by atoms with Crippen LogP contribution in [-0.4, -0.2) is 38.0 Å². The Kier molecular flexibility index (Phi) is 6.53.